The number of ether oxygens (including phenoxy) is 1. The molecule has 25 heavy (non-hydrogen) atoms. The molecule has 1 atom stereocenters. The third kappa shape index (κ3) is 5.42. The highest BCUT2D eigenvalue weighted by molar-refractivity contribution is 7.08. The highest BCUT2D eigenvalue weighted by Gasteiger charge is 2.22. The fourth-order valence-corrected chi connectivity index (χ4v) is 3.18. The monoisotopic (exact) mass is 364 g/mol. The largest absolute Gasteiger partial charge is 0.469 e. The van der Waals surface area contributed by atoms with Gasteiger partial charge in [-0.25, -0.2) is 4.98 Å². The van der Waals surface area contributed by atoms with Crippen LogP contribution in [0.15, 0.2) is 21.2 Å². The van der Waals surface area contributed by atoms with E-state index in [-0.39, 0.29) is 30.8 Å². The number of methoxy groups -OCH3 is 1. The fraction of sp³-hybridized carbons (Fsp3) is 0.500. The molecule has 2 aromatic heterocycles. The second kappa shape index (κ2) is 8.80. The third-order valence-corrected chi connectivity index (χ3v) is 4.51. The lowest BCUT2D eigenvalue weighted by atomic mass is 9.97. The Balaban J connectivity index is 1.94. The molecule has 1 unspecified atom stereocenters. The number of oxazole rings is 1. The maximum absolute atomic E-state index is 12.2. The molecule has 0 aromatic carbocycles. The van der Waals surface area contributed by atoms with Crippen molar-refractivity contribution in [1.82, 2.24) is 10.3 Å². The number of rotatable bonds is 8. The zero-order valence-electron chi connectivity index (χ0n) is 15.0. The van der Waals surface area contributed by atoms with Gasteiger partial charge in [0.2, 0.25) is 11.8 Å². The average molecular weight is 364 g/mol. The summed E-state index contributed by atoms with van der Waals surface area (Å²) in [7, 11) is 1.36. The minimum atomic E-state index is -0.339. The number of hydrogen-bond donors (Lipinski definition) is 1. The molecule has 7 heteroatoms. The van der Waals surface area contributed by atoms with Crippen LogP contribution in [-0.2, 0) is 20.7 Å². The summed E-state index contributed by atoms with van der Waals surface area (Å²) in [5, 5.41) is 6.70. The molecule has 0 radical (unpaired) electrons. The number of aromatic nitrogens is 1. The average Bonchev–Trinajstić information content (AvgIpc) is 3.20. The fourth-order valence-electron chi connectivity index (χ4n) is 2.55. The quantitative estimate of drug-likeness (QED) is 0.728. The number of aryl methyl sites for hydroxylation is 1. The highest BCUT2D eigenvalue weighted by atomic mass is 32.1. The van der Waals surface area contributed by atoms with Crippen LogP contribution in [0, 0.1) is 18.8 Å². The first kappa shape index (κ1) is 19.2. The van der Waals surface area contributed by atoms with E-state index in [1.165, 1.54) is 7.11 Å². The molecule has 0 spiro atoms. The van der Waals surface area contributed by atoms with E-state index < -0.39 is 0 Å². The summed E-state index contributed by atoms with van der Waals surface area (Å²) < 4.78 is 10.4. The Morgan fingerprint density at radius 2 is 2.16 bits per heavy atom. The van der Waals surface area contributed by atoms with Crippen molar-refractivity contribution in [2.24, 2.45) is 11.8 Å². The number of nitrogens with zero attached hydrogens (tertiary/aromatic N) is 1. The van der Waals surface area contributed by atoms with E-state index in [1.54, 1.807) is 18.3 Å². The minimum Gasteiger partial charge on any atom is -0.469 e. The van der Waals surface area contributed by atoms with Crippen LogP contribution < -0.4 is 5.32 Å². The molecule has 1 amide bonds. The van der Waals surface area contributed by atoms with Crippen molar-refractivity contribution in [2.45, 2.75) is 33.6 Å². The van der Waals surface area contributed by atoms with Crippen molar-refractivity contribution in [3.8, 4) is 11.5 Å². The number of carbonyl (C=O) groups excluding carboxylic acids is 2. The van der Waals surface area contributed by atoms with Crippen LogP contribution in [0.3, 0.4) is 0 Å². The van der Waals surface area contributed by atoms with Crippen molar-refractivity contribution in [3.63, 3.8) is 0 Å². The number of nitrogens with one attached hydrogen (secondary N) is 1. The normalized spacial score (nSPS) is 12.2. The lowest BCUT2D eigenvalue weighted by Gasteiger charge is -2.17. The van der Waals surface area contributed by atoms with Gasteiger partial charge in [-0.05, 0) is 30.7 Å². The molecule has 0 fully saturated rings. The lowest BCUT2D eigenvalue weighted by molar-refractivity contribution is -0.145. The standard InChI is InChI=1S/C18H24N2O4S/c1-11(2)7-14(18(22)23-4)9-19-16(21)8-15-12(3)24-17(20-15)13-5-6-25-10-13/h5-6,10-11,14H,7-9H2,1-4H3,(H,19,21). The maximum Gasteiger partial charge on any atom is 0.310 e. The van der Waals surface area contributed by atoms with E-state index in [0.717, 1.165) is 5.56 Å². The van der Waals surface area contributed by atoms with Gasteiger partial charge < -0.3 is 14.5 Å². The molecule has 0 aliphatic rings. The smallest absolute Gasteiger partial charge is 0.310 e. The number of esters is 1. The predicted molar refractivity (Wildman–Crippen MR) is 96.2 cm³/mol. The summed E-state index contributed by atoms with van der Waals surface area (Å²) in [6.45, 7) is 6.12. The SMILES string of the molecule is COC(=O)C(CNC(=O)Cc1nc(-c2ccsc2)oc1C)CC(C)C. The van der Waals surface area contributed by atoms with E-state index in [2.05, 4.69) is 10.3 Å². The molecule has 6 nitrogen and oxygen atoms in total. The second-order valence-corrected chi connectivity index (χ2v) is 7.14. The van der Waals surface area contributed by atoms with Gasteiger partial charge in [-0.3, -0.25) is 9.59 Å². The van der Waals surface area contributed by atoms with E-state index in [1.807, 2.05) is 30.7 Å². The Bertz CT molecular complexity index is 707. The van der Waals surface area contributed by atoms with E-state index in [0.29, 0.717) is 29.7 Å². The second-order valence-electron chi connectivity index (χ2n) is 6.36. The van der Waals surface area contributed by atoms with Gasteiger partial charge in [0.15, 0.2) is 0 Å². The zero-order valence-corrected chi connectivity index (χ0v) is 15.8. The number of carbonyl (C=O) groups is 2. The summed E-state index contributed by atoms with van der Waals surface area (Å²) in [5.74, 6) is 0.662. The molecule has 0 bridgehead atoms. The van der Waals surface area contributed by atoms with E-state index in [9.17, 15) is 9.59 Å². The Kier molecular flexibility index (Phi) is 6.75. The number of amides is 1. The van der Waals surface area contributed by atoms with Gasteiger partial charge in [0.25, 0.3) is 0 Å². The summed E-state index contributed by atoms with van der Waals surface area (Å²) in [4.78, 5) is 28.4. The molecule has 0 aliphatic carbocycles. The van der Waals surface area contributed by atoms with Crippen molar-refractivity contribution < 1.29 is 18.7 Å². The van der Waals surface area contributed by atoms with Crippen LogP contribution in [0.5, 0.6) is 0 Å². The molecule has 0 saturated heterocycles. The Hall–Kier alpha value is -2.15. The van der Waals surface area contributed by atoms with Crippen LogP contribution in [-0.4, -0.2) is 30.5 Å². The van der Waals surface area contributed by atoms with Gasteiger partial charge in [-0.1, -0.05) is 13.8 Å². The summed E-state index contributed by atoms with van der Waals surface area (Å²) in [5.41, 5.74) is 1.51. The van der Waals surface area contributed by atoms with Crippen molar-refractivity contribution >= 4 is 23.2 Å². The highest BCUT2D eigenvalue weighted by Crippen LogP contribution is 2.24. The number of thiophene rings is 1. The van der Waals surface area contributed by atoms with Crippen molar-refractivity contribution in [1.29, 1.82) is 0 Å². The van der Waals surface area contributed by atoms with E-state index >= 15 is 0 Å². The Labute approximate surface area is 151 Å². The molecule has 2 heterocycles. The minimum absolute atomic E-state index is 0.120. The van der Waals surface area contributed by atoms with Gasteiger partial charge in [-0.2, -0.15) is 11.3 Å². The Morgan fingerprint density at radius 1 is 1.40 bits per heavy atom. The maximum atomic E-state index is 12.2. The van der Waals surface area contributed by atoms with Crippen LogP contribution in [0.1, 0.15) is 31.7 Å². The van der Waals surface area contributed by atoms with Crippen LogP contribution in [0.2, 0.25) is 0 Å². The molecule has 2 rings (SSSR count). The molecule has 0 saturated carbocycles. The molecule has 2 aromatic rings. The van der Waals surface area contributed by atoms with Crippen LogP contribution in [0.4, 0.5) is 0 Å². The molecule has 0 aliphatic heterocycles. The van der Waals surface area contributed by atoms with Gasteiger partial charge in [0.1, 0.15) is 5.76 Å². The van der Waals surface area contributed by atoms with Gasteiger partial charge in [0.05, 0.1) is 25.1 Å². The first-order valence-electron chi connectivity index (χ1n) is 8.24. The van der Waals surface area contributed by atoms with Crippen LogP contribution >= 0.6 is 11.3 Å². The van der Waals surface area contributed by atoms with E-state index in [4.69, 9.17) is 9.15 Å². The van der Waals surface area contributed by atoms with Gasteiger partial charge in [-0.15, -0.1) is 0 Å². The zero-order chi connectivity index (χ0) is 18.4. The molecule has 136 valence electrons. The van der Waals surface area contributed by atoms with Crippen molar-refractivity contribution in [2.75, 3.05) is 13.7 Å². The molecule has 1 N–H and O–H groups in total. The first-order chi connectivity index (χ1) is 11.9. The summed E-state index contributed by atoms with van der Waals surface area (Å²) in [6, 6.07) is 1.92. The summed E-state index contributed by atoms with van der Waals surface area (Å²) in [6.07, 6.45) is 0.785. The third-order valence-electron chi connectivity index (χ3n) is 3.82. The molecular weight excluding hydrogens is 340 g/mol. The number of hydrogen-bond acceptors (Lipinski definition) is 6. The summed E-state index contributed by atoms with van der Waals surface area (Å²) >= 11 is 1.56. The first-order valence-corrected chi connectivity index (χ1v) is 9.18. The molecular formula is C18H24N2O4S. The topological polar surface area (TPSA) is 81.4 Å². The van der Waals surface area contributed by atoms with Crippen molar-refractivity contribution in [3.05, 3.63) is 28.3 Å². The lowest BCUT2D eigenvalue weighted by Crippen LogP contribution is -2.35. The van der Waals surface area contributed by atoms with Gasteiger partial charge >= 0.3 is 5.97 Å². The predicted octanol–water partition coefficient (Wildman–Crippen LogP) is 3.21. The van der Waals surface area contributed by atoms with Gasteiger partial charge in [0, 0.05) is 17.5 Å². The Morgan fingerprint density at radius 3 is 2.76 bits per heavy atom. The van der Waals surface area contributed by atoms with Crippen LogP contribution in [0.25, 0.3) is 11.5 Å².